The maximum absolute atomic E-state index is 5.81. The Morgan fingerprint density at radius 3 is 3.00 bits per heavy atom. The van der Waals surface area contributed by atoms with Gasteiger partial charge in [0.15, 0.2) is 0 Å². The van der Waals surface area contributed by atoms with Crippen LogP contribution in [0.1, 0.15) is 37.5 Å². The molecule has 1 aromatic heterocycles. The fourth-order valence-electron chi connectivity index (χ4n) is 2.05. The Morgan fingerprint density at radius 1 is 1.39 bits per heavy atom. The third kappa shape index (κ3) is 4.44. The van der Waals surface area contributed by atoms with Crippen LogP contribution in [-0.2, 0) is 22.6 Å². The van der Waals surface area contributed by atoms with Gasteiger partial charge >= 0.3 is 0 Å². The number of rotatable bonds is 7. The van der Waals surface area contributed by atoms with Gasteiger partial charge in [0.2, 0.25) is 0 Å². The van der Waals surface area contributed by atoms with E-state index in [1.54, 1.807) is 0 Å². The van der Waals surface area contributed by atoms with Crippen molar-refractivity contribution in [3.63, 3.8) is 0 Å². The summed E-state index contributed by atoms with van der Waals surface area (Å²) in [5.41, 5.74) is 1.19. The molecule has 1 N–H and O–H groups in total. The molecule has 1 saturated heterocycles. The van der Waals surface area contributed by atoms with Gasteiger partial charge in [0.05, 0.1) is 12.4 Å². The molecule has 0 unspecified atom stereocenters. The molecule has 102 valence electrons. The molecule has 18 heavy (non-hydrogen) atoms. The van der Waals surface area contributed by atoms with Gasteiger partial charge in [0.1, 0.15) is 12.4 Å². The van der Waals surface area contributed by atoms with Crippen LogP contribution in [0.2, 0.25) is 0 Å². The molecule has 1 aliphatic heterocycles. The Balaban J connectivity index is 1.69. The second kappa shape index (κ2) is 7.56. The van der Waals surface area contributed by atoms with Crippen LogP contribution in [0, 0.1) is 0 Å². The van der Waals surface area contributed by atoms with E-state index < -0.39 is 0 Å². The van der Waals surface area contributed by atoms with Crippen LogP contribution in [0.5, 0.6) is 0 Å². The van der Waals surface area contributed by atoms with Crippen molar-refractivity contribution in [2.45, 2.75) is 45.4 Å². The molecule has 0 aliphatic carbocycles. The van der Waals surface area contributed by atoms with E-state index in [2.05, 4.69) is 18.3 Å². The molecule has 2 heterocycles. The summed E-state index contributed by atoms with van der Waals surface area (Å²) in [5, 5.41) is 3.35. The number of nitrogens with one attached hydrogen (secondary N) is 1. The van der Waals surface area contributed by atoms with Crippen molar-refractivity contribution < 1.29 is 13.9 Å². The van der Waals surface area contributed by atoms with E-state index in [0.717, 1.165) is 51.3 Å². The predicted octanol–water partition coefficient (Wildman–Crippen LogP) is 2.47. The van der Waals surface area contributed by atoms with E-state index >= 15 is 0 Å². The summed E-state index contributed by atoms with van der Waals surface area (Å²) in [7, 11) is 0. The first kappa shape index (κ1) is 13.6. The van der Waals surface area contributed by atoms with Crippen molar-refractivity contribution in [1.29, 1.82) is 0 Å². The van der Waals surface area contributed by atoms with Gasteiger partial charge in [-0.15, -0.1) is 0 Å². The normalized spacial score (nSPS) is 17.2. The summed E-state index contributed by atoms with van der Waals surface area (Å²) in [6.07, 6.45) is 5.27. The zero-order valence-electron chi connectivity index (χ0n) is 11.1. The second-order valence-electron chi connectivity index (χ2n) is 4.72. The van der Waals surface area contributed by atoms with Gasteiger partial charge in [-0.05, 0) is 31.9 Å². The van der Waals surface area contributed by atoms with Crippen LogP contribution < -0.4 is 5.32 Å². The van der Waals surface area contributed by atoms with Gasteiger partial charge in [-0.25, -0.2) is 0 Å². The Hall–Kier alpha value is -0.840. The van der Waals surface area contributed by atoms with E-state index in [1.165, 1.54) is 5.56 Å². The maximum atomic E-state index is 5.81. The largest absolute Gasteiger partial charge is 0.467 e. The zero-order chi connectivity index (χ0) is 12.6. The van der Waals surface area contributed by atoms with Crippen molar-refractivity contribution in [2.75, 3.05) is 19.8 Å². The smallest absolute Gasteiger partial charge is 0.129 e. The van der Waals surface area contributed by atoms with E-state index in [0.29, 0.717) is 12.7 Å². The van der Waals surface area contributed by atoms with Crippen LogP contribution in [0.4, 0.5) is 0 Å². The standard InChI is InChI=1S/C14H23NO3/c1-2-5-15-9-12-8-14(17-10-12)11-18-13-3-6-16-7-4-13/h8,10,13,15H,2-7,9,11H2,1H3. The SMILES string of the molecule is CCCNCc1coc(COC2CCOCC2)c1. The van der Waals surface area contributed by atoms with Crippen LogP contribution in [0.3, 0.4) is 0 Å². The molecule has 0 saturated carbocycles. The number of furan rings is 1. The lowest BCUT2D eigenvalue weighted by Crippen LogP contribution is -2.23. The molecular formula is C14H23NO3. The Morgan fingerprint density at radius 2 is 2.22 bits per heavy atom. The lowest BCUT2D eigenvalue weighted by Gasteiger charge is -2.21. The zero-order valence-corrected chi connectivity index (χ0v) is 11.1. The molecule has 0 amide bonds. The first-order valence-electron chi connectivity index (χ1n) is 6.85. The Kier molecular flexibility index (Phi) is 5.71. The molecule has 2 rings (SSSR count). The highest BCUT2D eigenvalue weighted by molar-refractivity contribution is 5.12. The third-order valence-electron chi connectivity index (χ3n) is 3.09. The van der Waals surface area contributed by atoms with Crippen molar-refractivity contribution in [2.24, 2.45) is 0 Å². The summed E-state index contributed by atoms with van der Waals surface area (Å²) in [5.74, 6) is 0.912. The van der Waals surface area contributed by atoms with E-state index in [-0.39, 0.29) is 0 Å². The van der Waals surface area contributed by atoms with Gasteiger partial charge < -0.3 is 19.2 Å². The fraction of sp³-hybridized carbons (Fsp3) is 0.714. The van der Waals surface area contributed by atoms with Crippen molar-refractivity contribution in [1.82, 2.24) is 5.32 Å². The highest BCUT2D eigenvalue weighted by atomic mass is 16.5. The first-order valence-corrected chi connectivity index (χ1v) is 6.85. The van der Waals surface area contributed by atoms with Gasteiger partial charge in [0.25, 0.3) is 0 Å². The van der Waals surface area contributed by atoms with Crippen molar-refractivity contribution in [3.8, 4) is 0 Å². The third-order valence-corrected chi connectivity index (χ3v) is 3.09. The lowest BCUT2D eigenvalue weighted by atomic mass is 10.1. The average Bonchev–Trinajstić information content (AvgIpc) is 2.86. The monoisotopic (exact) mass is 253 g/mol. The first-order chi connectivity index (χ1) is 8.88. The second-order valence-corrected chi connectivity index (χ2v) is 4.72. The summed E-state index contributed by atoms with van der Waals surface area (Å²) in [6.45, 7) is 6.27. The topological polar surface area (TPSA) is 43.6 Å². The van der Waals surface area contributed by atoms with Crippen molar-refractivity contribution in [3.05, 3.63) is 23.7 Å². The van der Waals surface area contributed by atoms with Gasteiger partial charge in [0, 0.05) is 25.3 Å². The minimum atomic E-state index is 0.325. The molecule has 0 spiro atoms. The summed E-state index contributed by atoms with van der Waals surface area (Å²) in [6, 6.07) is 2.07. The summed E-state index contributed by atoms with van der Waals surface area (Å²) >= 11 is 0. The van der Waals surface area contributed by atoms with Crippen LogP contribution >= 0.6 is 0 Å². The molecule has 0 bridgehead atoms. The van der Waals surface area contributed by atoms with Gasteiger partial charge in [-0.3, -0.25) is 0 Å². The molecular weight excluding hydrogens is 230 g/mol. The molecule has 1 aromatic rings. The van der Waals surface area contributed by atoms with E-state index in [9.17, 15) is 0 Å². The van der Waals surface area contributed by atoms with Crippen LogP contribution in [-0.4, -0.2) is 25.9 Å². The van der Waals surface area contributed by atoms with Gasteiger partial charge in [-0.2, -0.15) is 0 Å². The minimum Gasteiger partial charge on any atom is -0.467 e. The minimum absolute atomic E-state index is 0.325. The van der Waals surface area contributed by atoms with Crippen molar-refractivity contribution >= 4 is 0 Å². The quantitative estimate of drug-likeness (QED) is 0.758. The Bertz CT molecular complexity index is 332. The molecule has 0 atom stereocenters. The molecule has 1 aliphatic rings. The molecule has 0 radical (unpaired) electrons. The van der Waals surface area contributed by atoms with Crippen LogP contribution in [0.25, 0.3) is 0 Å². The van der Waals surface area contributed by atoms with Gasteiger partial charge in [-0.1, -0.05) is 6.92 Å². The predicted molar refractivity (Wildman–Crippen MR) is 69.3 cm³/mol. The van der Waals surface area contributed by atoms with Crippen LogP contribution in [0.15, 0.2) is 16.7 Å². The molecule has 4 nitrogen and oxygen atoms in total. The number of hydrogen-bond acceptors (Lipinski definition) is 4. The highest BCUT2D eigenvalue weighted by Crippen LogP contribution is 2.15. The summed E-state index contributed by atoms with van der Waals surface area (Å²) < 4.78 is 16.6. The molecule has 4 heteroatoms. The number of ether oxygens (including phenoxy) is 2. The van der Waals surface area contributed by atoms with E-state index in [4.69, 9.17) is 13.9 Å². The maximum Gasteiger partial charge on any atom is 0.129 e. The summed E-state index contributed by atoms with van der Waals surface area (Å²) in [4.78, 5) is 0. The molecule has 1 fully saturated rings. The van der Waals surface area contributed by atoms with E-state index in [1.807, 2.05) is 6.26 Å². The average molecular weight is 253 g/mol. The Labute approximate surface area is 109 Å². The fourth-order valence-corrected chi connectivity index (χ4v) is 2.05. The highest BCUT2D eigenvalue weighted by Gasteiger charge is 2.14. The number of hydrogen-bond donors (Lipinski definition) is 1. The molecule has 0 aromatic carbocycles. The lowest BCUT2D eigenvalue weighted by molar-refractivity contribution is -0.0433.